The van der Waals surface area contributed by atoms with Crippen LogP contribution in [0.5, 0.6) is 0 Å². The fourth-order valence-electron chi connectivity index (χ4n) is 7.84. The lowest BCUT2D eigenvalue weighted by molar-refractivity contribution is 1.07. The van der Waals surface area contributed by atoms with Gasteiger partial charge in [-0.2, -0.15) is 0 Å². The summed E-state index contributed by atoms with van der Waals surface area (Å²) >= 11 is 1.83. The zero-order chi connectivity index (χ0) is 36.3. The van der Waals surface area contributed by atoms with Crippen molar-refractivity contribution in [1.82, 2.24) is 19.9 Å². The van der Waals surface area contributed by atoms with Crippen molar-refractivity contribution in [3.63, 3.8) is 0 Å². The van der Waals surface area contributed by atoms with Gasteiger partial charge in [0, 0.05) is 47.8 Å². The van der Waals surface area contributed by atoms with Crippen LogP contribution in [0.3, 0.4) is 0 Å². The van der Waals surface area contributed by atoms with Crippen molar-refractivity contribution in [3.8, 4) is 56.5 Å². The van der Waals surface area contributed by atoms with Crippen LogP contribution < -0.4 is 0 Å². The van der Waals surface area contributed by atoms with Crippen LogP contribution in [0.2, 0.25) is 0 Å². The van der Waals surface area contributed by atoms with E-state index in [0.717, 1.165) is 39.0 Å². The smallest absolute Gasteiger partial charge is 0.164 e. The molecule has 0 saturated heterocycles. The summed E-state index contributed by atoms with van der Waals surface area (Å²) in [5, 5.41) is 8.59. The summed E-state index contributed by atoms with van der Waals surface area (Å²) in [6.45, 7) is 0. The Balaban J connectivity index is 1.01. The van der Waals surface area contributed by atoms with Gasteiger partial charge in [-0.25, -0.2) is 19.9 Å². The third-order valence-electron chi connectivity index (χ3n) is 10.5. The molecular weight excluding hydrogens is 689 g/mol. The second-order valence-corrected chi connectivity index (χ2v) is 14.8. The van der Waals surface area contributed by atoms with E-state index >= 15 is 0 Å². The quantitative estimate of drug-likeness (QED) is 0.166. The van der Waals surface area contributed by atoms with Gasteiger partial charge in [0.2, 0.25) is 0 Å². The standard InChI is InChI=1S/C50H30N4S/c1-2-12-33(13-3-1)48-52-49(34-26-22-31(23-27-34)42-30-36-14-4-5-15-37(36)38-16-6-7-17-39(38)42)54-50(53-48)35-28-24-32(25-29-35)46-45-41-19-9-11-21-44(41)55-47(45)40-18-8-10-20-43(40)51-46/h1-30H. The number of para-hydroxylation sites is 1. The van der Waals surface area contributed by atoms with E-state index in [1.165, 1.54) is 52.7 Å². The lowest BCUT2D eigenvalue weighted by Crippen LogP contribution is -2.00. The van der Waals surface area contributed by atoms with Crippen LogP contribution in [0.4, 0.5) is 0 Å². The SMILES string of the molecule is c1ccc(-c2nc(-c3ccc(-c4cc5ccccc5c5ccccc45)cc3)nc(-c3ccc(-c4nc5ccccc5c5sc6ccccc6c45)cc3)n2)cc1. The van der Waals surface area contributed by atoms with Crippen molar-refractivity contribution in [2.75, 3.05) is 0 Å². The number of rotatable bonds is 5. The van der Waals surface area contributed by atoms with Gasteiger partial charge < -0.3 is 0 Å². The third-order valence-corrected chi connectivity index (χ3v) is 11.7. The zero-order valence-electron chi connectivity index (χ0n) is 29.5. The Morgan fingerprint density at radius 1 is 0.345 bits per heavy atom. The molecule has 0 bridgehead atoms. The van der Waals surface area contributed by atoms with E-state index in [9.17, 15) is 0 Å². The summed E-state index contributed by atoms with van der Waals surface area (Å²) in [7, 11) is 0. The molecule has 0 spiro atoms. The molecule has 0 fully saturated rings. The molecule has 0 radical (unpaired) electrons. The summed E-state index contributed by atoms with van der Waals surface area (Å²) in [6, 6.07) is 63.8. The highest BCUT2D eigenvalue weighted by atomic mass is 32.1. The number of hydrogen-bond acceptors (Lipinski definition) is 5. The minimum absolute atomic E-state index is 0.623. The van der Waals surface area contributed by atoms with Gasteiger partial charge in [-0.05, 0) is 50.9 Å². The van der Waals surface area contributed by atoms with Crippen molar-refractivity contribution >= 4 is 64.0 Å². The van der Waals surface area contributed by atoms with Gasteiger partial charge in [-0.1, -0.05) is 164 Å². The summed E-state index contributed by atoms with van der Waals surface area (Å²) < 4.78 is 2.53. The van der Waals surface area contributed by atoms with Crippen LogP contribution in [-0.4, -0.2) is 19.9 Å². The fourth-order valence-corrected chi connectivity index (χ4v) is 9.08. The highest BCUT2D eigenvalue weighted by Gasteiger charge is 2.18. The number of thiophene rings is 1. The second kappa shape index (κ2) is 12.8. The first-order valence-electron chi connectivity index (χ1n) is 18.4. The Labute approximate surface area is 321 Å². The van der Waals surface area contributed by atoms with Crippen LogP contribution in [-0.2, 0) is 0 Å². The van der Waals surface area contributed by atoms with Gasteiger partial charge in [-0.3, -0.25) is 0 Å². The van der Waals surface area contributed by atoms with Crippen molar-refractivity contribution < 1.29 is 0 Å². The van der Waals surface area contributed by atoms with Gasteiger partial charge in [0.15, 0.2) is 17.5 Å². The Bertz CT molecular complexity index is 3240. The van der Waals surface area contributed by atoms with Crippen LogP contribution in [0.25, 0.3) is 109 Å². The molecule has 0 saturated carbocycles. The molecular formula is C50H30N4S. The van der Waals surface area contributed by atoms with Gasteiger partial charge in [0.1, 0.15) is 0 Å². The van der Waals surface area contributed by atoms with E-state index in [4.69, 9.17) is 19.9 Å². The van der Waals surface area contributed by atoms with Crippen LogP contribution in [0.1, 0.15) is 0 Å². The van der Waals surface area contributed by atoms with Gasteiger partial charge in [0.25, 0.3) is 0 Å². The van der Waals surface area contributed by atoms with Crippen molar-refractivity contribution in [3.05, 3.63) is 182 Å². The van der Waals surface area contributed by atoms with Crippen molar-refractivity contribution in [2.45, 2.75) is 0 Å². The van der Waals surface area contributed by atoms with E-state index in [2.05, 4.69) is 152 Å². The largest absolute Gasteiger partial charge is 0.247 e. The predicted octanol–water partition coefficient (Wildman–Crippen LogP) is 13.4. The highest BCUT2D eigenvalue weighted by molar-refractivity contribution is 7.26. The summed E-state index contributed by atoms with van der Waals surface area (Å²) in [5.74, 6) is 1.89. The van der Waals surface area contributed by atoms with E-state index in [-0.39, 0.29) is 0 Å². The Morgan fingerprint density at radius 3 is 1.56 bits per heavy atom. The topological polar surface area (TPSA) is 51.6 Å². The minimum atomic E-state index is 0.623. The summed E-state index contributed by atoms with van der Waals surface area (Å²) in [4.78, 5) is 20.3. The number of nitrogens with zero attached hydrogens (tertiary/aromatic N) is 4. The third kappa shape index (κ3) is 5.36. The van der Waals surface area contributed by atoms with E-state index in [1.807, 2.05) is 41.7 Å². The highest BCUT2D eigenvalue weighted by Crippen LogP contribution is 2.43. The molecule has 256 valence electrons. The number of fused-ring (bicyclic) bond motifs is 8. The lowest BCUT2D eigenvalue weighted by atomic mass is 9.93. The summed E-state index contributed by atoms with van der Waals surface area (Å²) in [5.41, 5.74) is 8.17. The maximum atomic E-state index is 5.23. The van der Waals surface area contributed by atoms with E-state index in [0.29, 0.717) is 17.5 Å². The van der Waals surface area contributed by atoms with Gasteiger partial charge in [0.05, 0.1) is 11.2 Å². The van der Waals surface area contributed by atoms with Crippen LogP contribution in [0, 0.1) is 0 Å². The molecule has 0 aliphatic rings. The number of hydrogen-bond donors (Lipinski definition) is 0. The van der Waals surface area contributed by atoms with E-state index in [1.54, 1.807) is 0 Å². The normalized spacial score (nSPS) is 11.6. The monoisotopic (exact) mass is 718 g/mol. The van der Waals surface area contributed by atoms with Crippen molar-refractivity contribution in [2.24, 2.45) is 0 Å². The molecule has 0 aliphatic carbocycles. The molecule has 0 atom stereocenters. The average Bonchev–Trinajstić information content (AvgIpc) is 3.66. The number of benzene rings is 8. The maximum Gasteiger partial charge on any atom is 0.164 e. The molecule has 11 aromatic rings. The van der Waals surface area contributed by atoms with Crippen molar-refractivity contribution in [1.29, 1.82) is 0 Å². The predicted molar refractivity (Wildman–Crippen MR) is 230 cm³/mol. The Morgan fingerprint density at radius 2 is 0.855 bits per heavy atom. The molecule has 3 heterocycles. The number of aromatic nitrogens is 4. The maximum absolute atomic E-state index is 5.23. The molecule has 3 aromatic heterocycles. The molecule has 0 amide bonds. The molecule has 0 N–H and O–H groups in total. The zero-order valence-corrected chi connectivity index (χ0v) is 30.3. The first-order valence-corrected chi connectivity index (χ1v) is 19.2. The lowest BCUT2D eigenvalue weighted by Gasteiger charge is -2.12. The molecule has 0 aliphatic heterocycles. The first kappa shape index (κ1) is 31.4. The molecule has 8 aromatic carbocycles. The molecule has 55 heavy (non-hydrogen) atoms. The Kier molecular flexibility index (Phi) is 7.32. The summed E-state index contributed by atoms with van der Waals surface area (Å²) in [6.07, 6.45) is 0. The second-order valence-electron chi connectivity index (χ2n) is 13.8. The molecule has 11 rings (SSSR count). The Hall–Kier alpha value is -7.08. The fraction of sp³-hybridized carbons (Fsp3) is 0. The van der Waals surface area contributed by atoms with Crippen LogP contribution >= 0.6 is 11.3 Å². The average molecular weight is 719 g/mol. The van der Waals surface area contributed by atoms with E-state index < -0.39 is 0 Å². The number of pyridine rings is 1. The molecule has 4 nitrogen and oxygen atoms in total. The van der Waals surface area contributed by atoms with Crippen LogP contribution in [0.15, 0.2) is 182 Å². The first-order chi connectivity index (χ1) is 27.2. The molecule has 5 heteroatoms. The van der Waals surface area contributed by atoms with Gasteiger partial charge in [-0.15, -0.1) is 11.3 Å². The van der Waals surface area contributed by atoms with Gasteiger partial charge >= 0.3 is 0 Å². The molecule has 0 unspecified atom stereocenters. The minimum Gasteiger partial charge on any atom is -0.247 e.